The number of fused-ring (bicyclic) bond motifs is 2. The van der Waals surface area contributed by atoms with Gasteiger partial charge in [0, 0.05) is 38.2 Å². The van der Waals surface area contributed by atoms with Crippen LogP contribution in [-0.2, 0) is 36.1 Å². The van der Waals surface area contributed by atoms with Gasteiger partial charge < -0.3 is 0 Å². The number of aromatic nitrogens is 5. The molecule has 4 aromatic rings. The minimum absolute atomic E-state index is 0.0409. The predicted octanol–water partition coefficient (Wildman–Crippen LogP) is 3.84. The van der Waals surface area contributed by atoms with Crippen LogP contribution in [0.25, 0.3) is 5.69 Å². The standard InChI is InChI=1S/C27H24F4N6O3S/c1-35-10-8-24(34-35)41(39,40)36-11-7-18-13-23-17(15-33-37(23)21-4-2-20(28)3-5-21)14-26(18,16-36)25(38)22-12-19(6-9-32-22)27(29,30)31/h2-6,8-10,12,15,18H,7,11,13-14,16H2,1H3. The third kappa shape index (κ3) is 4.64. The van der Waals surface area contributed by atoms with E-state index in [9.17, 15) is 30.8 Å². The van der Waals surface area contributed by atoms with Crippen molar-refractivity contribution in [1.82, 2.24) is 28.9 Å². The van der Waals surface area contributed by atoms with Gasteiger partial charge in [-0.2, -0.15) is 27.7 Å². The molecule has 9 nitrogen and oxygen atoms in total. The maximum Gasteiger partial charge on any atom is 0.416 e. The number of hydrogen-bond acceptors (Lipinski definition) is 6. The summed E-state index contributed by atoms with van der Waals surface area (Å²) in [5.74, 6) is -1.49. The molecule has 2 aliphatic rings. The fourth-order valence-corrected chi connectivity index (χ4v) is 7.42. The maximum absolute atomic E-state index is 14.2. The second-order valence-corrected chi connectivity index (χ2v) is 12.3. The third-order valence-corrected chi connectivity index (χ3v) is 9.74. The van der Waals surface area contributed by atoms with Gasteiger partial charge in [0.2, 0.25) is 0 Å². The molecule has 0 bridgehead atoms. The number of pyridine rings is 1. The van der Waals surface area contributed by atoms with Crippen LogP contribution < -0.4 is 0 Å². The zero-order valence-corrected chi connectivity index (χ0v) is 22.5. The molecule has 1 aromatic carbocycles. The molecular weight excluding hydrogens is 564 g/mol. The Hall–Kier alpha value is -3.91. The number of aryl methyl sites for hydroxylation is 1. The highest BCUT2D eigenvalue weighted by Gasteiger charge is 2.55. The van der Waals surface area contributed by atoms with Gasteiger partial charge in [-0.25, -0.2) is 17.5 Å². The van der Waals surface area contributed by atoms with Gasteiger partial charge in [0.1, 0.15) is 11.5 Å². The molecule has 3 aromatic heterocycles. The molecule has 0 amide bonds. The van der Waals surface area contributed by atoms with Crippen molar-refractivity contribution in [3.63, 3.8) is 0 Å². The van der Waals surface area contributed by atoms with Crippen LogP contribution in [0.15, 0.2) is 66.1 Å². The van der Waals surface area contributed by atoms with Gasteiger partial charge in [-0.3, -0.25) is 14.5 Å². The lowest BCUT2D eigenvalue weighted by Gasteiger charge is -2.48. The molecule has 4 heterocycles. The number of halogens is 4. The predicted molar refractivity (Wildman–Crippen MR) is 137 cm³/mol. The molecule has 2 atom stereocenters. The summed E-state index contributed by atoms with van der Waals surface area (Å²) >= 11 is 0. The van der Waals surface area contributed by atoms with Crippen LogP contribution in [0.4, 0.5) is 17.6 Å². The Morgan fingerprint density at radius 1 is 1.12 bits per heavy atom. The van der Waals surface area contributed by atoms with Crippen molar-refractivity contribution >= 4 is 15.8 Å². The van der Waals surface area contributed by atoms with Crippen molar-refractivity contribution in [2.45, 2.75) is 30.5 Å². The molecule has 41 heavy (non-hydrogen) atoms. The van der Waals surface area contributed by atoms with Crippen molar-refractivity contribution in [3.05, 3.63) is 89.4 Å². The van der Waals surface area contributed by atoms with Gasteiger partial charge in [0.05, 0.1) is 22.9 Å². The monoisotopic (exact) mass is 588 g/mol. The zero-order valence-electron chi connectivity index (χ0n) is 21.7. The number of nitrogens with zero attached hydrogens (tertiary/aromatic N) is 6. The summed E-state index contributed by atoms with van der Waals surface area (Å²) in [5, 5.41) is 8.31. The molecular formula is C27H24F4N6O3S. The lowest BCUT2D eigenvalue weighted by atomic mass is 9.60. The molecule has 0 N–H and O–H groups in total. The topological polar surface area (TPSA) is 103 Å². The number of sulfonamides is 1. The van der Waals surface area contributed by atoms with Gasteiger partial charge in [-0.15, -0.1) is 0 Å². The summed E-state index contributed by atoms with van der Waals surface area (Å²) in [4.78, 5) is 18.2. The van der Waals surface area contributed by atoms with E-state index in [0.29, 0.717) is 17.7 Å². The number of Topliss-reactive ketones (excluding diaryl/α,β-unsaturated/α-hetero) is 1. The minimum atomic E-state index is -4.69. The quantitative estimate of drug-likeness (QED) is 0.259. The lowest BCUT2D eigenvalue weighted by Crippen LogP contribution is -2.57. The Bertz CT molecular complexity index is 1750. The van der Waals surface area contributed by atoms with Gasteiger partial charge >= 0.3 is 6.18 Å². The summed E-state index contributed by atoms with van der Waals surface area (Å²) in [6.45, 7) is -0.164. The number of benzene rings is 1. The molecule has 214 valence electrons. The molecule has 0 radical (unpaired) electrons. The van der Waals surface area contributed by atoms with Crippen molar-refractivity contribution < 1.29 is 30.8 Å². The Balaban J connectivity index is 1.44. The van der Waals surface area contributed by atoms with Crippen LogP contribution >= 0.6 is 0 Å². The van der Waals surface area contributed by atoms with E-state index in [2.05, 4.69) is 15.2 Å². The van der Waals surface area contributed by atoms with Gasteiger partial charge in [0.15, 0.2) is 10.8 Å². The van der Waals surface area contributed by atoms with Crippen LogP contribution in [0.1, 0.15) is 33.7 Å². The fraction of sp³-hybridized carbons (Fsp3) is 0.333. The second-order valence-electron chi connectivity index (χ2n) is 10.5. The number of hydrogen-bond donors (Lipinski definition) is 0. The Morgan fingerprint density at radius 2 is 1.88 bits per heavy atom. The molecule has 14 heteroatoms. The summed E-state index contributed by atoms with van der Waals surface area (Å²) in [6, 6.07) is 8.62. The first-order chi connectivity index (χ1) is 19.4. The number of ketones is 1. The van der Waals surface area contributed by atoms with E-state index in [1.54, 1.807) is 30.1 Å². The highest BCUT2D eigenvalue weighted by atomic mass is 32.2. The van der Waals surface area contributed by atoms with Gasteiger partial charge in [-0.05, 0) is 73.2 Å². The molecule has 1 fully saturated rings. The number of alkyl halides is 3. The van der Waals surface area contributed by atoms with Crippen LogP contribution in [0.5, 0.6) is 0 Å². The average molecular weight is 589 g/mol. The largest absolute Gasteiger partial charge is 0.416 e. The van der Waals surface area contributed by atoms with Crippen molar-refractivity contribution in [3.8, 4) is 5.69 Å². The van der Waals surface area contributed by atoms with Crippen LogP contribution in [0.2, 0.25) is 0 Å². The SMILES string of the molecule is Cn1ccc(S(=O)(=O)N2CCC3Cc4c(cnn4-c4ccc(F)cc4)CC3(C(=O)c3cc(C(F)(F)F)ccn3)C2)n1. The maximum atomic E-state index is 14.2. The van der Waals surface area contributed by atoms with Crippen LogP contribution in [0.3, 0.4) is 0 Å². The first-order valence-corrected chi connectivity index (χ1v) is 14.2. The summed E-state index contributed by atoms with van der Waals surface area (Å²) in [7, 11) is -2.52. The molecule has 1 aliphatic carbocycles. The van der Waals surface area contributed by atoms with E-state index >= 15 is 0 Å². The third-order valence-electron chi connectivity index (χ3n) is 8.00. The zero-order chi connectivity index (χ0) is 29.2. The Kier molecular flexibility index (Phi) is 6.37. The molecule has 2 unspecified atom stereocenters. The lowest BCUT2D eigenvalue weighted by molar-refractivity contribution is -0.137. The van der Waals surface area contributed by atoms with Crippen LogP contribution in [0, 0.1) is 17.2 Å². The van der Waals surface area contributed by atoms with Gasteiger partial charge in [0.25, 0.3) is 10.0 Å². The summed E-state index contributed by atoms with van der Waals surface area (Å²) < 4.78 is 85.4. The number of rotatable bonds is 5. The van der Waals surface area contributed by atoms with E-state index in [1.807, 2.05) is 0 Å². The Morgan fingerprint density at radius 3 is 2.56 bits per heavy atom. The van der Waals surface area contributed by atoms with E-state index < -0.39 is 44.7 Å². The van der Waals surface area contributed by atoms with Crippen molar-refractivity contribution in [2.75, 3.05) is 13.1 Å². The normalized spacial score (nSPS) is 21.3. The van der Waals surface area contributed by atoms with Crippen LogP contribution in [-0.4, -0.2) is 56.1 Å². The average Bonchev–Trinajstić information content (AvgIpc) is 3.57. The minimum Gasteiger partial charge on any atom is -0.292 e. The van der Waals surface area contributed by atoms with E-state index in [0.717, 1.165) is 24.0 Å². The van der Waals surface area contributed by atoms with Crippen molar-refractivity contribution in [2.24, 2.45) is 18.4 Å². The summed E-state index contributed by atoms with van der Waals surface area (Å²) in [6.07, 6.45) is -0.0713. The first kappa shape index (κ1) is 27.3. The number of carbonyl (C=O) groups is 1. The number of piperidine rings is 1. The smallest absolute Gasteiger partial charge is 0.292 e. The molecule has 6 rings (SSSR count). The molecule has 0 spiro atoms. The second kappa shape index (κ2) is 9.58. The molecule has 1 aliphatic heterocycles. The first-order valence-electron chi connectivity index (χ1n) is 12.8. The van der Waals surface area contributed by atoms with E-state index in [1.165, 1.54) is 33.4 Å². The number of carbonyl (C=O) groups excluding carboxylic acids is 1. The van der Waals surface area contributed by atoms with E-state index in [-0.39, 0.29) is 36.7 Å². The van der Waals surface area contributed by atoms with E-state index in [4.69, 9.17) is 0 Å². The highest BCUT2D eigenvalue weighted by Crippen LogP contribution is 2.48. The molecule has 1 saturated heterocycles. The highest BCUT2D eigenvalue weighted by molar-refractivity contribution is 7.89. The fourth-order valence-electron chi connectivity index (χ4n) is 5.94. The molecule has 0 saturated carbocycles. The van der Waals surface area contributed by atoms with Gasteiger partial charge in [-0.1, -0.05) is 0 Å². The summed E-state index contributed by atoms with van der Waals surface area (Å²) in [5.41, 5.74) is -0.747. The van der Waals surface area contributed by atoms with Crippen molar-refractivity contribution in [1.29, 1.82) is 0 Å². The Labute approximate surface area is 232 Å².